The third-order valence-corrected chi connectivity index (χ3v) is 3.15. The van der Waals surface area contributed by atoms with Gasteiger partial charge < -0.3 is 4.74 Å². The molecule has 1 heterocycles. The lowest BCUT2D eigenvalue weighted by Crippen LogP contribution is -2.24. The van der Waals surface area contributed by atoms with Crippen LogP contribution < -0.4 is 0 Å². The number of esters is 1. The van der Waals surface area contributed by atoms with Gasteiger partial charge in [0.15, 0.2) is 0 Å². The fraction of sp³-hybridized carbons (Fsp3) is 0.636. The molecule has 7 nitrogen and oxygen atoms in total. The molecule has 0 N–H and O–H groups in total. The molecule has 0 spiro atoms. The van der Waals surface area contributed by atoms with Crippen LogP contribution in [0.5, 0.6) is 0 Å². The molecule has 100 valence electrons. The zero-order chi connectivity index (χ0) is 14.0. The molecule has 0 saturated heterocycles. The first-order valence-electron chi connectivity index (χ1n) is 5.59. The lowest BCUT2D eigenvalue weighted by molar-refractivity contribution is -0.386. The van der Waals surface area contributed by atoms with E-state index in [0.29, 0.717) is 11.4 Å². The van der Waals surface area contributed by atoms with Gasteiger partial charge in [-0.05, 0) is 27.7 Å². The molecule has 0 aromatic carbocycles. The summed E-state index contributed by atoms with van der Waals surface area (Å²) in [6, 6.07) is -0.301. The van der Waals surface area contributed by atoms with Crippen molar-refractivity contribution in [2.24, 2.45) is 5.92 Å². The van der Waals surface area contributed by atoms with E-state index in [-0.39, 0.29) is 17.7 Å². The first kappa shape index (κ1) is 14.1. The summed E-state index contributed by atoms with van der Waals surface area (Å²) in [6.07, 6.45) is 0. The monoisotopic (exact) mass is 255 g/mol. The summed E-state index contributed by atoms with van der Waals surface area (Å²) in [5.74, 6) is -0.787. The van der Waals surface area contributed by atoms with E-state index >= 15 is 0 Å². The molecule has 0 bridgehead atoms. The molecule has 1 aromatic heterocycles. The number of nitro groups is 1. The number of aryl methyl sites for hydroxylation is 1. The molecule has 1 rings (SSSR count). The average Bonchev–Trinajstić information content (AvgIpc) is 2.61. The second-order valence-electron chi connectivity index (χ2n) is 4.27. The summed E-state index contributed by atoms with van der Waals surface area (Å²) < 4.78 is 6.17. The topological polar surface area (TPSA) is 87.3 Å². The first-order valence-corrected chi connectivity index (χ1v) is 5.59. The normalized spacial score (nSPS) is 14.1. The van der Waals surface area contributed by atoms with Crippen molar-refractivity contribution >= 4 is 11.7 Å². The summed E-state index contributed by atoms with van der Waals surface area (Å²) in [5.41, 5.74) is 0.793. The Morgan fingerprint density at radius 2 is 2.00 bits per heavy atom. The summed E-state index contributed by atoms with van der Waals surface area (Å²) in [7, 11) is 1.31. The highest BCUT2D eigenvalue weighted by molar-refractivity contribution is 5.72. The number of ether oxygens (including phenoxy) is 1. The third kappa shape index (κ3) is 2.34. The number of carbonyl (C=O) groups excluding carboxylic acids is 1. The highest BCUT2D eigenvalue weighted by atomic mass is 16.6. The predicted octanol–water partition coefficient (Wildman–Crippen LogP) is 1.78. The van der Waals surface area contributed by atoms with Gasteiger partial charge in [-0.25, -0.2) is 0 Å². The quantitative estimate of drug-likeness (QED) is 0.465. The van der Waals surface area contributed by atoms with Crippen molar-refractivity contribution in [1.82, 2.24) is 9.78 Å². The fourth-order valence-corrected chi connectivity index (χ4v) is 1.91. The first-order chi connectivity index (χ1) is 8.31. The Morgan fingerprint density at radius 1 is 1.44 bits per heavy atom. The Bertz CT molecular complexity index is 481. The van der Waals surface area contributed by atoms with Gasteiger partial charge in [-0.15, -0.1) is 0 Å². The van der Waals surface area contributed by atoms with E-state index in [1.165, 1.54) is 11.8 Å². The smallest absolute Gasteiger partial charge is 0.312 e. The lowest BCUT2D eigenvalue weighted by atomic mass is 10.0. The number of aromatic nitrogens is 2. The van der Waals surface area contributed by atoms with Crippen LogP contribution in [0, 0.1) is 29.9 Å². The van der Waals surface area contributed by atoms with Crippen LogP contribution in [0.3, 0.4) is 0 Å². The van der Waals surface area contributed by atoms with Crippen LogP contribution in [0.2, 0.25) is 0 Å². The van der Waals surface area contributed by atoms with Crippen LogP contribution in [0.1, 0.15) is 31.3 Å². The van der Waals surface area contributed by atoms with Crippen LogP contribution in [0.25, 0.3) is 0 Å². The van der Waals surface area contributed by atoms with Gasteiger partial charge in [0.05, 0.1) is 24.0 Å². The second-order valence-corrected chi connectivity index (χ2v) is 4.27. The molecule has 0 aliphatic heterocycles. The van der Waals surface area contributed by atoms with Gasteiger partial charge in [-0.3, -0.25) is 19.6 Å². The van der Waals surface area contributed by atoms with Crippen molar-refractivity contribution in [1.29, 1.82) is 0 Å². The van der Waals surface area contributed by atoms with E-state index in [2.05, 4.69) is 9.84 Å². The van der Waals surface area contributed by atoms with Crippen molar-refractivity contribution < 1.29 is 14.5 Å². The number of rotatable bonds is 4. The van der Waals surface area contributed by atoms with Crippen molar-refractivity contribution in [3.8, 4) is 0 Å². The molecular formula is C11H17N3O4. The Morgan fingerprint density at radius 3 is 2.39 bits per heavy atom. The van der Waals surface area contributed by atoms with Crippen LogP contribution in [-0.4, -0.2) is 27.8 Å². The minimum absolute atomic E-state index is 0.00100. The average molecular weight is 255 g/mol. The molecule has 0 radical (unpaired) electrons. The summed E-state index contributed by atoms with van der Waals surface area (Å²) >= 11 is 0. The zero-order valence-electron chi connectivity index (χ0n) is 11.1. The molecule has 0 aliphatic carbocycles. The van der Waals surface area contributed by atoms with Gasteiger partial charge in [-0.2, -0.15) is 5.10 Å². The number of hydrogen-bond donors (Lipinski definition) is 0. The van der Waals surface area contributed by atoms with Crippen molar-refractivity contribution in [3.05, 3.63) is 21.5 Å². The van der Waals surface area contributed by atoms with Crippen molar-refractivity contribution in [2.75, 3.05) is 7.11 Å². The van der Waals surface area contributed by atoms with E-state index in [4.69, 9.17) is 0 Å². The van der Waals surface area contributed by atoms with E-state index in [1.807, 2.05) is 0 Å². The van der Waals surface area contributed by atoms with Gasteiger partial charge in [0.2, 0.25) is 0 Å². The minimum Gasteiger partial charge on any atom is -0.469 e. The zero-order valence-corrected chi connectivity index (χ0v) is 11.1. The van der Waals surface area contributed by atoms with E-state index in [0.717, 1.165) is 0 Å². The molecular weight excluding hydrogens is 238 g/mol. The SMILES string of the molecule is COC(=O)C(C)C(C)n1nc(C)c([N+](=O)[O-])c1C. The van der Waals surface area contributed by atoms with E-state index < -0.39 is 10.8 Å². The molecule has 2 atom stereocenters. The number of carbonyl (C=O) groups is 1. The molecule has 0 fully saturated rings. The third-order valence-electron chi connectivity index (χ3n) is 3.15. The van der Waals surface area contributed by atoms with E-state index in [1.54, 1.807) is 27.7 Å². The van der Waals surface area contributed by atoms with Crippen LogP contribution >= 0.6 is 0 Å². The summed E-state index contributed by atoms with van der Waals surface area (Å²) in [6.45, 7) is 6.69. The molecule has 0 aliphatic rings. The van der Waals surface area contributed by atoms with Crippen LogP contribution in [0.4, 0.5) is 5.69 Å². The maximum atomic E-state index is 11.5. The maximum Gasteiger partial charge on any atom is 0.312 e. The molecule has 0 saturated carbocycles. The Hall–Kier alpha value is -1.92. The number of nitrogens with zero attached hydrogens (tertiary/aromatic N) is 3. The standard InChI is InChI=1S/C11H17N3O4/c1-6(11(15)18-5)8(3)13-9(4)10(14(16)17)7(2)12-13/h6,8H,1-5H3. The summed E-state index contributed by atoms with van der Waals surface area (Å²) in [5, 5.41) is 15.0. The van der Waals surface area contributed by atoms with Gasteiger partial charge >= 0.3 is 11.7 Å². The highest BCUT2D eigenvalue weighted by Crippen LogP contribution is 2.27. The lowest BCUT2D eigenvalue weighted by Gasteiger charge is -2.19. The van der Waals surface area contributed by atoms with Crippen LogP contribution in [-0.2, 0) is 9.53 Å². The van der Waals surface area contributed by atoms with Gasteiger partial charge in [-0.1, -0.05) is 0 Å². The largest absolute Gasteiger partial charge is 0.469 e. The molecule has 2 unspecified atom stereocenters. The predicted molar refractivity (Wildman–Crippen MR) is 64.2 cm³/mol. The molecule has 1 aromatic rings. The number of methoxy groups -OCH3 is 1. The van der Waals surface area contributed by atoms with Crippen LogP contribution in [0.15, 0.2) is 0 Å². The van der Waals surface area contributed by atoms with Crippen molar-refractivity contribution in [2.45, 2.75) is 33.7 Å². The van der Waals surface area contributed by atoms with E-state index in [9.17, 15) is 14.9 Å². The Labute approximate surface area is 105 Å². The maximum absolute atomic E-state index is 11.5. The molecule has 0 amide bonds. The molecule has 18 heavy (non-hydrogen) atoms. The second kappa shape index (κ2) is 5.16. The summed E-state index contributed by atoms with van der Waals surface area (Å²) in [4.78, 5) is 21.9. The van der Waals surface area contributed by atoms with Gasteiger partial charge in [0, 0.05) is 0 Å². The van der Waals surface area contributed by atoms with Crippen molar-refractivity contribution in [3.63, 3.8) is 0 Å². The minimum atomic E-state index is -0.455. The Kier molecular flexibility index (Phi) is 4.05. The fourth-order valence-electron chi connectivity index (χ4n) is 1.91. The Balaban J connectivity index is 3.15. The highest BCUT2D eigenvalue weighted by Gasteiger charge is 2.29. The molecule has 7 heteroatoms. The van der Waals surface area contributed by atoms with Gasteiger partial charge in [0.25, 0.3) is 0 Å². The number of hydrogen-bond acceptors (Lipinski definition) is 5. The van der Waals surface area contributed by atoms with Gasteiger partial charge in [0.1, 0.15) is 11.4 Å².